The summed E-state index contributed by atoms with van der Waals surface area (Å²) in [6.07, 6.45) is 11.1. The summed E-state index contributed by atoms with van der Waals surface area (Å²) in [6.45, 7) is 2.50. The Labute approximate surface area is 149 Å². The summed E-state index contributed by atoms with van der Waals surface area (Å²) in [5, 5.41) is 8.66. The zero-order chi connectivity index (χ0) is 17.7. The van der Waals surface area contributed by atoms with Crippen LogP contribution < -0.4 is 9.80 Å². The highest BCUT2D eigenvalue weighted by Gasteiger charge is 2.32. The second-order valence-electron chi connectivity index (χ2n) is 6.62. The maximum Gasteiger partial charge on any atom is 0.262 e. The van der Waals surface area contributed by atoms with Crippen molar-refractivity contribution in [2.45, 2.75) is 19.4 Å². The molecule has 5 rings (SSSR count). The van der Waals surface area contributed by atoms with Crippen molar-refractivity contribution in [3.8, 4) is 5.82 Å². The van der Waals surface area contributed by atoms with Gasteiger partial charge in [0.1, 0.15) is 5.82 Å². The van der Waals surface area contributed by atoms with Crippen molar-refractivity contribution in [2.75, 3.05) is 22.9 Å². The van der Waals surface area contributed by atoms with Crippen molar-refractivity contribution < 1.29 is 4.79 Å². The Hall–Kier alpha value is -3.23. The van der Waals surface area contributed by atoms with Crippen LogP contribution in [0.2, 0.25) is 0 Å². The molecule has 0 atom stereocenters. The number of aromatic nitrogens is 6. The highest BCUT2D eigenvalue weighted by molar-refractivity contribution is 6.09. The van der Waals surface area contributed by atoms with Gasteiger partial charge in [0.25, 0.3) is 5.91 Å². The van der Waals surface area contributed by atoms with Gasteiger partial charge in [0, 0.05) is 32.5 Å². The van der Waals surface area contributed by atoms with E-state index in [9.17, 15) is 4.79 Å². The fourth-order valence-corrected chi connectivity index (χ4v) is 3.49. The number of amides is 1. The normalized spacial score (nSPS) is 16.6. The lowest BCUT2D eigenvalue weighted by molar-refractivity contribution is 0.0996. The molecule has 9 heteroatoms. The van der Waals surface area contributed by atoms with E-state index in [4.69, 9.17) is 0 Å². The minimum Gasteiger partial charge on any atom is -0.355 e. The van der Waals surface area contributed by atoms with E-state index in [1.165, 1.54) is 12.8 Å². The fourth-order valence-electron chi connectivity index (χ4n) is 3.49. The lowest BCUT2D eigenvalue weighted by Crippen LogP contribution is -2.23. The van der Waals surface area contributed by atoms with Crippen molar-refractivity contribution in [1.82, 2.24) is 29.5 Å². The lowest BCUT2D eigenvalue weighted by Gasteiger charge is -2.15. The van der Waals surface area contributed by atoms with Gasteiger partial charge < -0.3 is 4.90 Å². The van der Waals surface area contributed by atoms with Gasteiger partial charge in [-0.25, -0.2) is 14.6 Å². The Balaban J connectivity index is 1.39. The molecule has 0 spiro atoms. The third-order valence-electron chi connectivity index (χ3n) is 4.87. The number of hydrogen-bond acceptors (Lipinski definition) is 6. The van der Waals surface area contributed by atoms with Gasteiger partial charge in [-0.3, -0.25) is 14.4 Å². The molecule has 3 aromatic heterocycles. The van der Waals surface area contributed by atoms with Gasteiger partial charge in [0.2, 0.25) is 0 Å². The Morgan fingerprint density at radius 1 is 1.00 bits per heavy atom. The van der Waals surface area contributed by atoms with Crippen molar-refractivity contribution in [3.63, 3.8) is 0 Å². The quantitative estimate of drug-likeness (QED) is 0.705. The Kier molecular flexibility index (Phi) is 3.27. The third kappa shape index (κ3) is 2.35. The van der Waals surface area contributed by atoms with Crippen molar-refractivity contribution in [1.29, 1.82) is 0 Å². The number of hydrogen-bond donors (Lipinski definition) is 0. The van der Waals surface area contributed by atoms with Crippen LogP contribution in [0.15, 0.2) is 31.0 Å². The predicted octanol–water partition coefficient (Wildman–Crippen LogP) is 1.16. The Morgan fingerprint density at radius 2 is 1.77 bits per heavy atom. The van der Waals surface area contributed by atoms with Gasteiger partial charge in [-0.15, -0.1) is 0 Å². The van der Waals surface area contributed by atoms with Crippen LogP contribution in [0.3, 0.4) is 0 Å². The lowest BCUT2D eigenvalue weighted by atomic mass is 10.3. The molecule has 0 unspecified atom stereocenters. The van der Waals surface area contributed by atoms with E-state index in [2.05, 4.69) is 25.1 Å². The van der Waals surface area contributed by atoms with Crippen LogP contribution in [0.5, 0.6) is 0 Å². The topological polar surface area (TPSA) is 85.0 Å². The molecule has 26 heavy (non-hydrogen) atoms. The van der Waals surface area contributed by atoms with E-state index >= 15 is 0 Å². The van der Waals surface area contributed by atoms with Crippen molar-refractivity contribution >= 4 is 17.4 Å². The first-order chi connectivity index (χ1) is 12.7. The Morgan fingerprint density at radius 3 is 2.42 bits per heavy atom. The summed E-state index contributed by atoms with van der Waals surface area (Å²) in [5.74, 6) is 1.44. The maximum atomic E-state index is 12.7. The second kappa shape index (κ2) is 5.65. The van der Waals surface area contributed by atoms with Crippen LogP contribution in [0.1, 0.15) is 28.9 Å². The molecule has 1 saturated heterocycles. The summed E-state index contributed by atoms with van der Waals surface area (Å²) < 4.78 is 3.31. The van der Waals surface area contributed by atoms with E-state index in [0.29, 0.717) is 17.9 Å². The smallest absolute Gasteiger partial charge is 0.262 e. The average Bonchev–Trinajstić information content (AvgIpc) is 3.41. The summed E-state index contributed by atoms with van der Waals surface area (Å²) in [7, 11) is 1.83. The van der Waals surface area contributed by atoms with E-state index in [1.54, 1.807) is 39.1 Å². The minimum absolute atomic E-state index is 0.0686. The first kappa shape index (κ1) is 15.1. The molecular weight excluding hydrogens is 332 g/mol. The van der Waals surface area contributed by atoms with Crippen LogP contribution in [0.4, 0.5) is 11.5 Å². The number of carbonyl (C=O) groups excluding carboxylic acids is 1. The highest BCUT2D eigenvalue weighted by atomic mass is 16.2. The van der Waals surface area contributed by atoms with Crippen LogP contribution in [0, 0.1) is 0 Å². The monoisotopic (exact) mass is 350 g/mol. The number of aryl methyl sites for hydroxylation is 1. The zero-order valence-electron chi connectivity index (χ0n) is 14.4. The molecule has 0 N–H and O–H groups in total. The third-order valence-corrected chi connectivity index (χ3v) is 4.87. The highest BCUT2D eigenvalue weighted by Crippen LogP contribution is 2.27. The average molecular weight is 350 g/mol. The minimum atomic E-state index is -0.0686. The number of rotatable bonds is 3. The van der Waals surface area contributed by atoms with Gasteiger partial charge in [0.05, 0.1) is 42.1 Å². The number of nitrogens with zero attached hydrogens (tertiary/aromatic N) is 8. The molecule has 2 aliphatic rings. The Bertz CT molecular complexity index is 967. The summed E-state index contributed by atoms with van der Waals surface area (Å²) in [5.41, 5.74) is 2.11. The zero-order valence-corrected chi connectivity index (χ0v) is 14.4. The summed E-state index contributed by atoms with van der Waals surface area (Å²) in [4.78, 5) is 25.6. The van der Waals surface area contributed by atoms with Gasteiger partial charge in [-0.2, -0.15) is 10.2 Å². The first-order valence-electron chi connectivity index (χ1n) is 8.65. The summed E-state index contributed by atoms with van der Waals surface area (Å²) >= 11 is 0. The molecule has 0 bridgehead atoms. The van der Waals surface area contributed by atoms with Crippen molar-refractivity contribution in [2.24, 2.45) is 7.05 Å². The molecule has 2 aliphatic heterocycles. The molecule has 5 heterocycles. The first-order valence-corrected chi connectivity index (χ1v) is 8.65. The predicted molar refractivity (Wildman–Crippen MR) is 94.3 cm³/mol. The largest absolute Gasteiger partial charge is 0.355 e. The molecule has 9 nitrogen and oxygen atoms in total. The molecule has 1 fully saturated rings. The number of anilines is 2. The van der Waals surface area contributed by atoms with Crippen LogP contribution in [-0.2, 0) is 13.6 Å². The summed E-state index contributed by atoms with van der Waals surface area (Å²) in [6, 6.07) is 0. The SMILES string of the molecule is Cn1cc(N2Cc3nn(-c4cnc(N5CCCC5)cn4)cc3C2=O)cn1. The van der Waals surface area contributed by atoms with Crippen LogP contribution in [-0.4, -0.2) is 48.5 Å². The van der Waals surface area contributed by atoms with Crippen LogP contribution >= 0.6 is 0 Å². The van der Waals surface area contributed by atoms with Crippen molar-refractivity contribution in [3.05, 3.63) is 42.2 Å². The van der Waals surface area contributed by atoms with Gasteiger partial charge in [-0.1, -0.05) is 0 Å². The van der Waals surface area contributed by atoms with Gasteiger partial charge in [-0.05, 0) is 12.8 Å². The standard InChI is InChI=1S/C17H18N8O/c1-22-9-12(6-20-22)24-11-14-13(17(24)26)10-25(21-14)16-8-18-15(7-19-16)23-4-2-3-5-23/h6-10H,2-5,11H2,1H3. The number of carbonyl (C=O) groups is 1. The van der Waals surface area contributed by atoms with Gasteiger partial charge in [0.15, 0.2) is 5.82 Å². The molecule has 3 aromatic rings. The van der Waals surface area contributed by atoms with E-state index < -0.39 is 0 Å². The molecule has 0 saturated carbocycles. The molecule has 132 valence electrons. The molecule has 1 amide bonds. The molecule has 0 radical (unpaired) electrons. The molecule has 0 aliphatic carbocycles. The number of fused-ring (bicyclic) bond motifs is 1. The van der Waals surface area contributed by atoms with E-state index in [1.807, 2.05) is 13.2 Å². The van der Waals surface area contributed by atoms with E-state index in [0.717, 1.165) is 30.3 Å². The van der Waals surface area contributed by atoms with Crippen LogP contribution in [0.25, 0.3) is 5.82 Å². The second-order valence-corrected chi connectivity index (χ2v) is 6.62. The van der Waals surface area contributed by atoms with Gasteiger partial charge >= 0.3 is 0 Å². The fraction of sp³-hybridized carbons (Fsp3) is 0.353. The maximum absolute atomic E-state index is 12.7. The van der Waals surface area contributed by atoms with E-state index in [-0.39, 0.29) is 5.91 Å². The molecular formula is C17H18N8O. The molecule has 0 aromatic carbocycles.